The molecule has 1 aliphatic rings. The van der Waals surface area contributed by atoms with Gasteiger partial charge in [0, 0.05) is 43.3 Å². The molecule has 4 rings (SSSR count). The summed E-state index contributed by atoms with van der Waals surface area (Å²) < 4.78 is 34.4. The number of hydrogen-bond donors (Lipinski definition) is 0. The first-order chi connectivity index (χ1) is 17.5. The molecular formula is C29H31ClF2N2O2. The topological polar surface area (TPSA) is 32.8 Å². The van der Waals surface area contributed by atoms with Gasteiger partial charge in [0.25, 0.3) is 0 Å². The molecule has 190 valence electrons. The van der Waals surface area contributed by atoms with Crippen molar-refractivity contribution in [2.45, 2.75) is 32.0 Å². The monoisotopic (exact) mass is 512 g/mol. The molecule has 7 heteroatoms. The SMILES string of the molecule is CC[C@H](C(=O)N1CCN(C[C@H](OCc2c(F)cccc2F)c2ccc(Cl)cc2)CC1)c1ccccc1. The number of piperazine rings is 1. The molecule has 0 bridgehead atoms. The average molecular weight is 513 g/mol. The van der Waals surface area contributed by atoms with Gasteiger partial charge < -0.3 is 9.64 Å². The third-order valence-electron chi connectivity index (χ3n) is 6.75. The molecule has 2 atom stereocenters. The second kappa shape index (κ2) is 12.4. The fourth-order valence-electron chi connectivity index (χ4n) is 4.63. The van der Waals surface area contributed by atoms with Gasteiger partial charge >= 0.3 is 0 Å². The van der Waals surface area contributed by atoms with Gasteiger partial charge in [-0.15, -0.1) is 0 Å². The Kier molecular flexibility index (Phi) is 9.08. The standard InChI is InChI=1S/C29H31ClF2N2O2/c1-2-24(21-7-4-3-5-8-21)29(35)34-17-15-33(16-18-34)19-28(22-11-13-23(30)14-12-22)36-20-25-26(31)9-6-10-27(25)32/h3-14,24,28H,2,15-20H2,1H3/t24-,28-/m0/s1. The molecule has 0 unspecified atom stereocenters. The van der Waals surface area contributed by atoms with Crippen LogP contribution >= 0.6 is 11.6 Å². The molecular weight excluding hydrogens is 482 g/mol. The Bertz CT molecular complexity index is 1120. The number of rotatable bonds is 9. The van der Waals surface area contributed by atoms with E-state index in [1.807, 2.05) is 54.3 Å². The van der Waals surface area contributed by atoms with E-state index in [0.29, 0.717) is 37.7 Å². The summed E-state index contributed by atoms with van der Waals surface area (Å²) in [4.78, 5) is 17.4. The van der Waals surface area contributed by atoms with Crippen molar-refractivity contribution in [2.24, 2.45) is 0 Å². The normalized spacial score (nSPS) is 16.1. The molecule has 36 heavy (non-hydrogen) atoms. The molecule has 1 fully saturated rings. The zero-order valence-electron chi connectivity index (χ0n) is 20.4. The third kappa shape index (κ3) is 6.49. The molecule has 3 aromatic rings. The molecule has 0 aliphatic carbocycles. The lowest BCUT2D eigenvalue weighted by molar-refractivity contribution is -0.135. The second-order valence-corrected chi connectivity index (χ2v) is 9.49. The van der Waals surface area contributed by atoms with Crippen LogP contribution in [0.5, 0.6) is 0 Å². The van der Waals surface area contributed by atoms with Crippen molar-refractivity contribution in [1.82, 2.24) is 9.80 Å². The van der Waals surface area contributed by atoms with Crippen LogP contribution < -0.4 is 0 Å². The van der Waals surface area contributed by atoms with Gasteiger partial charge in [-0.2, -0.15) is 0 Å². The number of carbonyl (C=O) groups is 1. The maximum atomic E-state index is 14.2. The largest absolute Gasteiger partial charge is 0.367 e. The van der Waals surface area contributed by atoms with Gasteiger partial charge in [0.15, 0.2) is 0 Å². The summed E-state index contributed by atoms with van der Waals surface area (Å²) in [6.45, 7) is 5.03. The number of benzene rings is 3. The van der Waals surface area contributed by atoms with E-state index in [2.05, 4.69) is 4.90 Å². The Morgan fingerprint density at radius 1 is 0.889 bits per heavy atom. The molecule has 3 aromatic carbocycles. The van der Waals surface area contributed by atoms with Crippen LogP contribution in [0.15, 0.2) is 72.8 Å². The fourth-order valence-corrected chi connectivity index (χ4v) is 4.76. The molecule has 0 spiro atoms. The Hall–Kier alpha value is -2.80. The Balaban J connectivity index is 1.40. The van der Waals surface area contributed by atoms with Gasteiger partial charge in [-0.1, -0.05) is 67.1 Å². The summed E-state index contributed by atoms with van der Waals surface area (Å²) >= 11 is 6.06. The highest BCUT2D eigenvalue weighted by atomic mass is 35.5. The van der Waals surface area contributed by atoms with Gasteiger partial charge in [0.05, 0.1) is 18.6 Å². The summed E-state index contributed by atoms with van der Waals surface area (Å²) in [7, 11) is 0. The highest BCUT2D eigenvalue weighted by molar-refractivity contribution is 6.30. The van der Waals surface area contributed by atoms with E-state index in [1.54, 1.807) is 12.1 Å². The van der Waals surface area contributed by atoms with Crippen molar-refractivity contribution in [3.63, 3.8) is 0 Å². The van der Waals surface area contributed by atoms with Gasteiger partial charge in [-0.25, -0.2) is 8.78 Å². The smallest absolute Gasteiger partial charge is 0.230 e. The predicted octanol–water partition coefficient (Wildman–Crippen LogP) is 6.21. The van der Waals surface area contributed by atoms with Gasteiger partial charge in [-0.05, 0) is 41.8 Å². The van der Waals surface area contributed by atoms with Crippen LogP contribution in [0.25, 0.3) is 0 Å². The van der Waals surface area contributed by atoms with Crippen LogP contribution in [-0.4, -0.2) is 48.4 Å². The third-order valence-corrected chi connectivity index (χ3v) is 7.00. The van der Waals surface area contributed by atoms with Gasteiger partial charge in [0.2, 0.25) is 5.91 Å². The van der Waals surface area contributed by atoms with Crippen LogP contribution in [-0.2, 0) is 16.1 Å². The molecule has 0 N–H and O–H groups in total. The minimum Gasteiger partial charge on any atom is -0.367 e. The number of nitrogens with zero attached hydrogens (tertiary/aromatic N) is 2. The van der Waals surface area contributed by atoms with Crippen molar-refractivity contribution in [3.8, 4) is 0 Å². The molecule has 4 nitrogen and oxygen atoms in total. The second-order valence-electron chi connectivity index (χ2n) is 9.05. The zero-order valence-corrected chi connectivity index (χ0v) is 21.1. The van der Waals surface area contributed by atoms with Crippen LogP contribution in [0, 0.1) is 11.6 Å². The van der Waals surface area contributed by atoms with E-state index in [4.69, 9.17) is 16.3 Å². The highest BCUT2D eigenvalue weighted by Gasteiger charge is 2.29. The summed E-state index contributed by atoms with van der Waals surface area (Å²) in [6.07, 6.45) is 0.346. The van der Waals surface area contributed by atoms with Crippen molar-refractivity contribution in [2.75, 3.05) is 32.7 Å². The number of amides is 1. The van der Waals surface area contributed by atoms with Crippen molar-refractivity contribution in [3.05, 3.63) is 106 Å². The maximum Gasteiger partial charge on any atom is 0.230 e. The number of halogens is 3. The van der Waals surface area contributed by atoms with E-state index in [-0.39, 0.29) is 24.0 Å². The summed E-state index contributed by atoms with van der Waals surface area (Å²) in [5.74, 6) is -1.23. The number of carbonyl (C=O) groups excluding carboxylic acids is 1. The Labute approximate surface area is 216 Å². The highest BCUT2D eigenvalue weighted by Crippen LogP contribution is 2.26. The number of ether oxygens (including phenoxy) is 1. The minimum absolute atomic E-state index is 0.0848. The molecule has 1 heterocycles. The van der Waals surface area contributed by atoms with Crippen LogP contribution in [0.2, 0.25) is 5.02 Å². The Morgan fingerprint density at radius 3 is 2.14 bits per heavy atom. The van der Waals surface area contributed by atoms with E-state index in [9.17, 15) is 13.6 Å². The molecule has 0 saturated carbocycles. The lowest BCUT2D eigenvalue weighted by atomic mass is 9.95. The summed E-state index contributed by atoms with van der Waals surface area (Å²) in [5, 5.41) is 0.605. The van der Waals surface area contributed by atoms with Crippen LogP contribution in [0.3, 0.4) is 0 Å². The first-order valence-corrected chi connectivity index (χ1v) is 12.7. The first-order valence-electron chi connectivity index (χ1n) is 12.3. The lowest BCUT2D eigenvalue weighted by Crippen LogP contribution is -2.50. The Morgan fingerprint density at radius 2 is 1.53 bits per heavy atom. The van der Waals surface area contributed by atoms with Crippen molar-refractivity contribution < 1.29 is 18.3 Å². The summed E-state index contributed by atoms with van der Waals surface area (Å²) in [5.41, 5.74) is 1.84. The zero-order chi connectivity index (χ0) is 25.5. The van der Waals surface area contributed by atoms with E-state index in [0.717, 1.165) is 17.5 Å². The quantitative estimate of drug-likeness (QED) is 0.341. The van der Waals surface area contributed by atoms with Crippen LogP contribution in [0.1, 0.15) is 42.1 Å². The average Bonchev–Trinajstić information content (AvgIpc) is 2.89. The molecule has 0 radical (unpaired) electrons. The predicted molar refractivity (Wildman–Crippen MR) is 138 cm³/mol. The molecule has 1 saturated heterocycles. The van der Waals surface area contributed by atoms with Crippen molar-refractivity contribution >= 4 is 17.5 Å². The minimum atomic E-state index is -0.624. The lowest BCUT2D eigenvalue weighted by Gasteiger charge is -2.38. The van der Waals surface area contributed by atoms with Crippen molar-refractivity contribution in [1.29, 1.82) is 0 Å². The van der Waals surface area contributed by atoms with E-state index in [1.165, 1.54) is 18.2 Å². The maximum absolute atomic E-state index is 14.2. The summed E-state index contributed by atoms with van der Waals surface area (Å²) in [6, 6.07) is 21.0. The molecule has 1 amide bonds. The van der Waals surface area contributed by atoms with Gasteiger partial charge in [0.1, 0.15) is 11.6 Å². The van der Waals surface area contributed by atoms with Crippen LogP contribution in [0.4, 0.5) is 8.78 Å². The molecule has 0 aromatic heterocycles. The van der Waals surface area contributed by atoms with Gasteiger partial charge in [-0.3, -0.25) is 9.69 Å². The fraction of sp³-hybridized carbons (Fsp3) is 0.345. The van der Waals surface area contributed by atoms with E-state index < -0.39 is 17.7 Å². The first kappa shape index (κ1) is 26.3. The molecule has 1 aliphatic heterocycles. The number of hydrogen-bond acceptors (Lipinski definition) is 3. The van der Waals surface area contributed by atoms with E-state index >= 15 is 0 Å².